The maximum atomic E-state index is 12.5. The number of nitrogens with two attached hydrogens (primary N) is 1. The van der Waals surface area contributed by atoms with Crippen molar-refractivity contribution in [2.24, 2.45) is 0 Å². The van der Waals surface area contributed by atoms with E-state index in [1.165, 1.54) is 0 Å². The second-order valence-corrected chi connectivity index (χ2v) is 7.64. The van der Waals surface area contributed by atoms with Gasteiger partial charge in [-0.3, -0.25) is 4.79 Å². The fourth-order valence-electron chi connectivity index (χ4n) is 3.66. The van der Waals surface area contributed by atoms with E-state index in [-0.39, 0.29) is 12.3 Å². The first kappa shape index (κ1) is 20.9. The largest absolute Gasteiger partial charge is 0.475 e. The molecule has 1 unspecified atom stereocenters. The first-order chi connectivity index (χ1) is 15.1. The van der Waals surface area contributed by atoms with Gasteiger partial charge in [0.1, 0.15) is 0 Å². The van der Waals surface area contributed by atoms with Crippen molar-refractivity contribution in [3.05, 3.63) is 90.3 Å². The minimum atomic E-state index is -1.64. The number of amides is 1. The Hall–Kier alpha value is -3.33. The lowest BCUT2D eigenvalue weighted by molar-refractivity contribution is -0.700. The van der Waals surface area contributed by atoms with E-state index in [4.69, 9.17) is 0 Å². The van der Waals surface area contributed by atoms with E-state index in [9.17, 15) is 14.8 Å². The van der Waals surface area contributed by atoms with E-state index < -0.39 is 13.1 Å². The van der Waals surface area contributed by atoms with Gasteiger partial charge in [-0.25, -0.2) is 5.43 Å². The number of nitrogens with one attached hydrogen (secondary N) is 2. The molecule has 0 saturated carbocycles. The van der Waals surface area contributed by atoms with Crippen molar-refractivity contribution in [3.8, 4) is 0 Å². The molecule has 1 amide bonds. The van der Waals surface area contributed by atoms with Crippen LogP contribution in [-0.2, 0) is 11.2 Å². The Labute approximate surface area is 181 Å². The molecule has 0 aliphatic carbocycles. The summed E-state index contributed by atoms with van der Waals surface area (Å²) in [4.78, 5) is 12.5. The smallest absolute Gasteiger partial charge is 0.426 e. The lowest BCUT2D eigenvalue weighted by atomic mass is 9.75. The number of hydrogen-bond donors (Lipinski definition) is 5. The molecule has 0 aromatic heterocycles. The van der Waals surface area contributed by atoms with E-state index >= 15 is 0 Å². The van der Waals surface area contributed by atoms with Gasteiger partial charge in [0.25, 0.3) is 0 Å². The molecule has 31 heavy (non-hydrogen) atoms. The van der Waals surface area contributed by atoms with Crippen molar-refractivity contribution in [1.82, 2.24) is 10.7 Å². The summed E-state index contributed by atoms with van der Waals surface area (Å²) in [5.41, 5.74) is 7.92. The van der Waals surface area contributed by atoms with E-state index in [2.05, 4.69) is 10.7 Å². The predicted octanol–water partition coefficient (Wildman–Crippen LogP) is 1.00. The number of quaternary nitrogens is 1. The van der Waals surface area contributed by atoms with Crippen molar-refractivity contribution in [3.63, 3.8) is 0 Å². The molecule has 158 valence electrons. The van der Waals surface area contributed by atoms with Gasteiger partial charge >= 0.3 is 7.12 Å². The summed E-state index contributed by atoms with van der Waals surface area (Å²) in [7, 11) is -1.64. The zero-order valence-corrected chi connectivity index (χ0v) is 17.1. The van der Waals surface area contributed by atoms with Crippen LogP contribution in [0.15, 0.2) is 84.7 Å². The summed E-state index contributed by atoms with van der Waals surface area (Å²) in [5.74, 6) is -0.994. The molecule has 3 aromatic carbocycles. The first-order valence-electron chi connectivity index (χ1n) is 10.4. The zero-order valence-electron chi connectivity index (χ0n) is 17.1. The number of anilines is 1. The summed E-state index contributed by atoms with van der Waals surface area (Å²) in [6, 6.07) is 23.9. The Morgan fingerprint density at radius 1 is 1.03 bits per heavy atom. The van der Waals surface area contributed by atoms with E-state index in [1.54, 1.807) is 0 Å². The average molecular weight is 417 g/mol. The minimum Gasteiger partial charge on any atom is -0.426 e. The normalized spacial score (nSPS) is 14.1. The number of fused-ring (bicyclic) bond motifs is 1. The van der Waals surface area contributed by atoms with Crippen LogP contribution in [0.1, 0.15) is 18.4 Å². The minimum absolute atomic E-state index is 0.222. The summed E-state index contributed by atoms with van der Waals surface area (Å²) in [6.45, 7) is 0. The van der Waals surface area contributed by atoms with E-state index in [1.807, 2.05) is 89.5 Å². The third-order valence-corrected chi connectivity index (χ3v) is 5.34. The van der Waals surface area contributed by atoms with Gasteiger partial charge in [0.15, 0.2) is 0 Å². The van der Waals surface area contributed by atoms with E-state index in [0.717, 1.165) is 27.7 Å². The summed E-state index contributed by atoms with van der Waals surface area (Å²) in [5, 5.41) is 26.5. The van der Waals surface area contributed by atoms with Crippen LogP contribution < -0.4 is 21.3 Å². The highest BCUT2D eigenvalue weighted by molar-refractivity contribution is 6.43. The Bertz CT molecular complexity index is 1070. The lowest BCUT2D eigenvalue weighted by Gasteiger charge is -2.18. The zero-order chi connectivity index (χ0) is 21.6. The molecular formula is C23H26BN4O3+. The monoisotopic (exact) mass is 417 g/mol. The highest BCUT2D eigenvalue weighted by Gasteiger charge is 2.26. The van der Waals surface area contributed by atoms with Crippen LogP contribution in [0, 0.1) is 0 Å². The molecular weight excluding hydrogens is 391 g/mol. The summed E-state index contributed by atoms with van der Waals surface area (Å²) >= 11 is 0. The van der Waals surface area contributed by atoms with Gasteiger partial charge in [0.2, 0.25) is 5.91 Å². The molecule has 6 N–H and O–H groups in total. The Kier molecular flexibility index (Phi) is 6.52. The molecule has 0 bridgehead atoms. The Balaban J connectivity index is 1.32. The fraction of sp³-hybridized carbons (Fsp3) is 0.174. The molecule has 0 saturated heterocycles. The molecule has 1 aliphatic heterocycles. The molecule has 0 radical (unpaired) electrons. The molecule has 0 spiro atoms. The van der Waals surface area contributed by atoms with Gasteiger partial charge in [-0.1, -0.05) is 60.7 Å². The van der Waals surface area contributed by atoms with Crippen LogP contribution in [0.4, 0.5) is 5.69 Å². The maximum absolute atomic E-state index is 12.5. The number of benzene rings is 3. The van der Waals surface area contributed by atoms with Crippen LogP contribution in [0.3, 0.4) is 0 Å². The van der Waals surface area contributed by atoms with Gasteiger partial charge in [0.05, 0.1) is 23.5 Å². The van der Waals surface area contributed by atoms with Crippen molar-refractivity contribution in [1.29, 1.82) is 0 Å². The quantitative estimate of drug-likeness (QED) is 0.278. The standard InChI is InChI=1S/C23H25BN4O3/c29-23(13-12-20-16-28(27-26-20)21-8-2-1-3-9-21)25-22(24(30)31)15-17-10-11-18-6-4-5-7-19(18)14-17/h1-11,14,16,22,26-27,30-31H,12-13,15H2,(H,25,29)/p+1. The van der Waals surface area contributed by atoms with Gasteiger partial charge in [0, 0.05) is 12.8 Å². The van der Waals surface area contributed by atoms with Crippen LogP contribution in [0.5, 0.6) is 0 Å². The van der Waals surface area contributed by atoms with Gasteiger partial charge in [-0.15, -0.1) is 5.53 Å². The Morgan fingerprint density at radius 3 is 2.55 bits per heavy atom. The van der Waals surface area contributed by atoms with Crippen LogP contribution in [-0.4, -0.2) is 29.0 Å². The lowest BCUT2D eigenvalue weighted by Crippen LogP contribution is -2.97. The number of carbonyl (C=O) groups excluding carboxylic acids is 1. The molecule has 7 nitrogen and oxygen atoms in total. The second kappa shape index (κ2) is 9.66. The topological polar surface area (TPSA) is 101 Å². The van der Waals surface area contributed by atoms with Gasteiger partial charge in [-0.2, -0.15) is 5.01 Å². The number of allylic oxidation sites excluding steroid dienone is 1. The van der Waals surface area contributed by atoms with Gasteiger partial charge < -0.3 is 15.4 Å². The molecule has 0 fully saturated rings. The number of para-hydroxylation sites is 1. The van der Waals surface area contributed by atoms with E-state index in [0.29, 0.717) is 12.8 Å². The van der Waals surface area contributed by atoms with Crippen molar-refractivity contribution < 1.29 is 20.4 Å². The van der Waals surface area contributed by atoms with Crippen molar-refractivity contribution in [2.75, 3.05) is 5.01 Å². The third kappa shape index (κ3) is 5.43. The van der Waals surface area contributed by atoms with Gasteiger partial charge in [-0.05, 0) is 34.9 Å². The third-order valence-electron chi connectivity index (χ3n) is 5.34. The van der Waals surface area contributed by atoms with Crippen LogP contribution in [0.25, 0.3) is 10.8 Å². The summed E-state index contributed by atoms with van der Waals surface area (Å²) < 4.78 is 0. The average Bonchev–Trinajstić information content (AvgIpc) is 3.27. The number of nitrogens with zero attached hydrogens (tertiary/aromatic N) is 1. The van der Waals surface area contributed by atoms with Crippen LogP contribution >= 0.6 is 0 Å². The van der Waals surface area contributed by atoms with Crippen molar-refractivity contribution >= 4 is 29.5 Å². The second-order valence-electron chi connectivity index (χ2n) is 7.64. The highest BCUT2D eigenvalue weighted by atomic mass is 16.4. The first-order valence-corrected chi connectivity index (χ1v) is 10.4. The Morgan fingerprint density at radius 2 is 1.77 bits per heavy atom. The molecule has 1 atom stereocenters. The molecule has 1 heterocycles. The maximum Gasteiger partial charge on any atom is 0.475 e. The highest BCUT2D eigenvalue weighted by Crippen LogP contribution is 2.17. The molecule has 8 heteroatoms. The summed E-state index contributed by atoms with van der Waals surface area (Å²) in [6.07, 6.45) is 3.06. The number of rotatable bonds is 8. The number of hydrogen-bond acceptors (Lipinski definition) is 5. The van der Waals surface area contributed by atoms with Crippen molar-refractivity contribution in [2.45, 2.75) is 25.2 Å². The van der Waals surface area contributed by atoms with Crippen LogP contribution in [0.2, 0.25) is 0 Å². The number of carbonyl (C=O) groups is 1. The molecule has 1 aliphatic rings. The molecule has 3 aromatic rings. The SMILES string of the molecule is O=C(CCC1=CN(c2ccccc2)[NH2+]N1)NC(Cc1ccc2ccccc2c1)B(O)O. The fourth-order valence-corrected chi connectivity index (χ4v) is 3.66. The predicted molar refractivity (Wildman–Crippen MR) is 121 cm³/mol. The molecule has 4 rings (SSSR count).